The van der Waals surface area contributed by atoms with Gasteiger partial charge in [-0.2, -0.15) is 0 Å². The van der Waals surface area contributed by atoms with Crippen LogP contribution in [0.2, 0.25) is 0 Å². The van der Waals surface area contributed by atoms with Crippen molar-refractivity contribution in [1.82, 2.24) is 9.38 Å². The molecule has 4 rings (SSSR count). The van der Waals surface area contributed by atoms with Gasteiger partial charge in [0.1, 0.15) is 0 Å². The number of hydrogen-bond acceptors (Lipinski definition) is 4. The van der Waals surface area contributed by atoms with Gasteiger partial charge < -0.3 is 0 Å². The summed E-state index contributed by atoms with van der Waals surface area (Å²) in [5.41, 5.74) is 3.39. The summed E-state index contributed by atoms with van der Waals surface area (Å²) in [6.07, 6.45) is 4.41. The minimum absolute atomic E-state index is 0.0517. The molecule has 132 valence electrons. The topological polar surface area (TPSA) is 63.5 Å². The first kappa shape index (κ1) is 16.8. The predicted octanol–water partition coefficient (Wildman–Crippen LogP) is 4.05. The molecule has 0 unspecified atom stereocenters. The van der Waals surface area contributed by atoms with E-state index in [9.17, 15) is 8.42 Å². The van der Waals surface area contributed by atoms with Gasteiger partial charge in [-0.15, -0.1) is 11.3 Å². The Bertz CT molecular complexity index is 1090. The van der Waals surface area contributed by atoms with E-state index in [1.807, 2.05) is 64.6 Å². The van der Waals surface area contributed by atoms with Crippen molar-refractivity contribution >= 4 is 32.0 Å². The fourth-order valence-corrected chi connectivity index (χ4v) is 4.50. The number of aromatic nitrogens is 2. The number of anilines is 1. The van der Waals surface area contributed by atoms with Gasteiger partial charge in [0.2, 0.25) is 10.0 Å². The number of fused-ring (bicyclic) bond motifs is 1. The molecule has 0 bridgehead atoms. The van der Waals surface area contributed by atoms with Crippen LogP contribution in [0.15, 0.2) is 72.4 Å². The lowest BCUT2D eigenvalue weighted by molar-refractivity contribution is 0.600. The Balaban J connectivity index is 1.44. The Morgan fingerprint density at radius 3 is 2.54 bits per heavy atom. The van der Waals surface area contributed by atoms with Gasteiger partial charge in [-0.25, -0.2) is 13.4 Å². The molecule has 0 saturated carbocycles. The van der Waals surface area contributed by atoms with E-state index in [-0.39, 0.29) is 5.75 Å². The monoisotopic (exact) mass is 383 g/mol. The predicted molar refractivity (Wildman–Crippen MR) is 106 cm³/mol. The number of sulfonamides is 1. The van der Waals surface area contributed by atoms with Crippen LogP contribution in [-0.4, -0.2) is 23.6 Å². The highest BCUT2D eigenvalue weighted by Gasteiger charge is 2.11. The van der Waals surface area contributed by atoms with Crippen molar-refractivity contribution in [1.29, 1.82) is 0 Å². The second-order valence-corrected chi connectivity index (χ2v) is 8.67. The first-order valence-electron chi connectivity index (χ1n) is 8.16. The molecule has 0 aliphatic carbocycles. The van der Waals surface area contributed by atoms with Gasteiger partial charge in [-0.05, 0) is 24.1 Å². The molecule has 0 radical (unpaired) electrons. The number of nitrogens with zero attached hydrogens (tertiary/aromatic N) is 2. The van der Waals surface area contributed by atoms with Crippen LogP contribution in [0.4, 0.5) is 5.69 Å². The molecule has 2 heterocycles. The second-order valence-electron chi connectivity index (χ2n) is 5.95. The maximum atomic E-state index is 12.3. The lowest BCUT2D eigenvalue weighted by atomic mass is 10.1. The molecule has 2 aromatic heterocycles. The lowest BCUT2D eigenvalue weighted by Crippen LogP contribution is -2.18. The van der Waals surface area contributed by atoms with Gasteiger partial charge in [-0.3, -0.25) is 9.12 Å². The van der Waals surface area contributed by atoms with Crippen LogP contribution >= 0.6 is 11.3 Å². The second kappa shape index (κ2) is 6.93. The van der Waals surface area contributed by atoms with Crippen LogP contribution in [0, 0.1) is 0 Å². The van der Waals surface area contributed by atoms with E-state index in [0.29, 0.717) is 12.1 Å². The number of thiazole rings is 1. The van der Waals surface area contributed by atoms with Gasteiger partial charge in [0.05, 0.1) is 11.4 Å². The average molecular weight is 383 g/mol. The molecule has 0 fully saturated rings. The standard InChI is InChI=1S/C19H17N3O2S2/c23-26(24,13-10-15-4-2-1-3-5-15)21-17-8-6-16(7-9-17)18-14-22-11-12-25-19(22)20-18/h1-9,11-12,14,21H,10,13H2. The van der Waals surface area contributed by atoms with Gasteiger partial charge in [0, 0.05) is 29.0 Å². The maximum Gasteiger partial charge on any atom is 0.233 e. The third kappa shape index (κ3) is 3.79. The van der Waals surface area contributed by atoms with Crippen molar-refractivity contribution < 1.29 is 8.42 Å². The molecule has 0 saturated heterocycles. The van der Waals surface area contributed by atoms with E-state index in [1.54, 1.807) is 23.5 Å². The van der Waals surface area contributed by atoms with Crippen molar-refractivity contribution in [2.24, 2.45) is 0 Å². The fraction of sp³-hybridized carbons (Fsp3) is 0.105. The van der Waals surface area contributed by atoms with Crippen LogP contribution in [0.1, 0.15) is 5.56 Å². The summed E-state index contributed by atoms with van der Waals surface area (Å²) in [5.74, 6) is 0.0517. The lowest BCUT2D eigenvalue weighted by Gasteiger charge is -2.08. The first-order chi connectivity index (χ1) is 12.6. The fourth-order valence-electron chi connectivity index (χ4n) is 2.70. The third-order valence-electron chi connectivity index (χ3n) is 4.05. The van der Waals surface area contributed by atoms with Crippen molar-refractivity contribution in [2.45, 2.75) is 6.42 Å². The summed E-state index contributed by atoms with van der Waals surface area (Å²) in [7, 11) is -3.39. The molecule has 0 atom stereocenters. The third-order valence-corrected chi connectivity index (χ3v) is 6.11. The number of imidazole rings is 1. The number of nitrogens with one attached hydrogen (secondary N) is 1. The van der Waals surface area contributed by atoms with Crippen molar-refractivity contribution in [3.05, 3.63) is 77.9 Å². The summed E-state index contributed by atoms with van der Waals surface area (Å²) < 4.78 is 29.2. The normalized spacial score (nSPS) is 11.7. The molecule has 7 heteroatoms. The Kier molecular flexibility index (Phi) is 4.48. The van der Waals surface area contributed by atoms with Gasteiger partial charge in [0.15, 0.2) is 4.96 Å². The minimum atomic E-state index is -3.39. The smallest absolute Gasteiger partial charge is 0.233 e. The summed E-state index contributed by atoms with van der Waals surface area (Å²) in [6, 6.07) is 16.9. The van der Waals surface area contributed by atoms with Crippen molar-refractivity contribution in [3.63, 3.8) is 0 Å². The molecule has 4 aromatic rings. The summed E-state index contributed by atoms with van der Waals surface area (Å²) in [6.45, 7) is 0. The van der Waals surface area contributed by atoms with Gasteiger partial charge in [-0.1, -0.05) is 42.5 Å². The minimum Gasteiger partial charge on any atom is -0.297 e. The average Bonchev–Trinajstić information content (AvgIpc) is 3.23. The molecule has 2 aromatic carbocycles. The maximum absolute atomic E-state index is 12.3. The van der Waals surface area contributed by atoms with E-state index in [2.05, 4.69) is 9.71 Å². The zero-order chi connectivity index (χ0) is 18.0. The van der Waals surface area contributed by atoms with E-state index >= 15 is 0 Å². The molecular formula is C19H17N3O2S2. The van der Waals surface area contributed by atoms with E-state index in [0.717, 1.165) is 21.8 Å². The highest BCUT2D eigenvalue weighted by molar-refractivity contribution is 7.92. The van der Waals surface area contributed by atoms with Crippen LogP contribution in [-0.2, 0) is 16.4 Å². The van der Waals surface area contributed by atoms with Crippen LogP contribution in [0.25, 0.3) is 16.2 Å². The largest absolute Gasteiger partial charge is 0.297 e. The highest BCUT2D eigenvalue weighted by atomic mass is 32.2. The molecule has 5 nitrogen and oxygen atoms in total. The Hall–Kier alpha value is -2.64. The molecule has 1 N–H and O–H groups in total. The van der Waals surface area contributed by atoms with Crippen LogP contribution in [0.5, 0.6) is 0 Å². The molecule has 0 aliphatic rings. The number of rotatable bonds is 6. The summed E-state index contributed by atoms with van der Waals surface area (Å²) in [5, 5.41) is 1.99. The zero-order valence-electron chi connectivity index (χ0n) is 13.9. The molecule has 0 spiro atoms. The quantitative estimate of drug-likeness (QED) is 0.546. The molecule has 0 aliphatic heterocycles. The Morgan fingerprint density at radius 2 is 1.81 bits per heavy atom. The molecule has 0 amide bonds. The SMILES string of the molecule is O=S(=O)(CCc1ccccc1)Nc1ccc(-c2cn3ccsc3n2)cc1. The first-order valence-corrected chi connectivity index (χ1v) is 10.7. The van der Waals surface area contributed by atoms with Gasteiger partial charge >= 0.3 is 0 Å². The number of benzene rings is 2. The van der Waals surface area contributed by atoms with Crippen molar-refractivity contribution in [2.75, 3.05) is 10.5 Å². The van der Waals surface area contributed by atoms with E-state index in [4.69, 9.17) is 0 Å². The zero-order valence-corrected chi connectivity index (χ0v) is 15.5. The molecule has 26 heavy (non-hydrogen) atoms. The summed E-state index contributed by atoms with van der Waals surface area (Å²) >= 11 is 1.58. The van der Waals surface area contributed by atoms with E-state index < -0.39 is 10.0 Å². The van der Waals surface area contributed by atoms with Crippen LogP contribution < -0.4 is 4.72 Å². The number of aryl methyl sites for hydroxylation is 1. The van der Waals surface area contributed by atoms with E-state index in [1.165, 1.54) is 0 Å². The number of hydrogen-bond donors (Lipinski definition) is 1. The van der Waals surface area contributed by atoms with Gasteiger partial charge in [0.25, 0.3) is 0 Å². The van der Waals surface area contributed by atoms with Crippen LogP contribution in [0.3, 0.4) is 0 Å². The van der Waals surface area contributed by atoms with Crippen molar-refractivity contribution in [3.8, 4) is 11.3 Å². The highest BCUT2D eigenvalue weighted by Crippen LogP contribution is 2.23. The Morgan fingerprint density at radius 1 is 1.04 bits per heavy atom. The Labute approximate surface area is 156 Å². The molecular weight excluding hydrogens is 366 g/mol. The summed E-state index contributed by atoms with van der Waals surface area (Å²) in [4.78, 5) is 5.49.